The lowest BCUT2D eigenvalue weighted by molar-refractivity contribution is -0.113. The molecule has 1 aromatic heterocycles. The minimum absolute atomic E-state index is 0.00361. The normalized spacial score (nSPS) is 10.6. The lowest BCUT2D eigenvalue weighted by Crippen LogP contribution is -2.24. The van der Waals surface area contributed by atoms with Gasteiger partial charge in [-0.25, -0.2) is 4.39 Å². The number of halogens is 2. The molecule has 10 heteroatoms. The summed E-state index contributed by atoms with van der Waals surface area (Å²) >= 11 is 6.92. The number of aromatic nitrogens is 2. The largest absolute Gasteiger partial charge is 0.414 e. The molecule has 0 radical (unpaired) electrons. The Kier molecular flexibility index (Phi) is 6.84. The van der Waals surface area contributed by atoms with Crippen LogP contribution >= 0.6 is 23.4 Å². The molecular formula is C19H16ClFN4O3S. The Morgan fingerprint density at radius 2 is 2.00 bits per heavy atom. The first kappa shape index (κ1) is 20.8. The van der Waals surface area contributed by atoms with Gasteiger partial charge in [-0.2, -0.15) is 0 Å². The molecule has 2 N–H and O–H groups in total. The van der Waals surface area contributed by atoms with E-state index in [2.05, 4.69) is 20.8 Å². The van der Waals surface area contributed by atoms with Crippen molar-refractivity contribution in [3.63, 3.8) is 0 Å². The van der Waals surface area contributed by atoms with Crippen LogP contribution in [0.3, 0.4) is 0 Å². The fourth-order valence-corrected chi connectivity index (χ4v) is 3.20. The Hall–Kier alpha value is -2.91. The van der Waals surface area contributed by atoms with E-state index in [-0.39, 0.29) is 39.9 Å². The molecule has 1 heterocycles. The molecule has 29 heavy (non-hydrogen) atoms. The molecule has 0 fully saturated rings. The zero-order chi connectivity index (χ0) is 20.8. The summed E-state index contributed by atoms with van der Waals surface area (Å²) in [6.45, 7) is 1.83. The predicted molar refractivity (Wildman–Crippen MR) is 107 cm³/mol. The second-order valence-corrected chi connectivity index (χ2v) is 7.28. The molecular weight excluding hydrogens is 419 g/mol. The first-order chi connectivity index (χ1) is 13.9. The lowest BCUT2D eigenvalue weighted by atomic mass is 10.2. The summed E-state index contributed by atoms with van der Waals surface area (Å²) in [4.78, 5) is 24.1. The molecule has 0 unspecified atom stereocenters. The summed E-state index contributed by atoms with van der Waals surface area (Å²) in [5.41, 5.74) is 1.49. The lowest BCUT2D eigenvalue weighted by Gasteiger charge is -2.05. The smallest absolute Gasteiger partial charge is 0.277 e. The number of nitrogens with zero attached hydrogens (tertiary/aromatic N) is 2. The highest BCUT2D eigenvalue weighted by Gasteiger charge is 2.17. The van der Waals surface area contributed by atoms with Gasteiger partial charge < -0.3 is 15.1 Å². The first-order valence-electron chi connectivity index (χ1n) is 8.46. The van der Waals surface area contributed by atoms with Gasteiger partial charge in [0.2, 0.25) is 11.8 Å². The average Bonchev–Trinajstić information content (AvgIpc) is 3.12. The van der Waals surface area contributed by atoms with Crippen molar-refractivity contribution in [2.75, 3.05) is 11.1 Å². The van der Waals surface area contributed by atoms with Gasteiger partial charge in [0, 0.05) is 5.69 Å². The van der Waals surface area contributed by atoms with E-state index < -0.39 is 11.7 Å². The number of carbonyl (C=O) groups excluding carboxylic acids is 2. The van der Waals surface area contributed by atoms with Crippen LogP contribution in [-0.2, 0) is 11.3 Å². The number of carbonyl (C=O) groups is 2. The van der Waals surface area contributed by atoms with Gasteiger partial charge in [0.1, 0.15) is 5.82 Å². The van der Waals surface area contributed by atoms with Crippen molar-refractivity contribution < 1.29 is 18.4 Å². The zero-order valence-corrected chi connectivity index (χ0v) is 16.8. The monoisotopic (exact) mass is 434 g/mol. The van der Waals surface area contributed by atoms with Crippen LogP contribution in [0.5, 0.6) is 0 Å². The van der Waals surface area contributed by atoms with Gasteiger partial charge in [-0.15, -0.1) is 10.2 Å². The van der Waals surface area contributed by atoms with Crippen molar-refractivity contribution in [3.05, 3.63) is 70.3 Å². The number of anilines is 1. The second kappa shape index (κ2) is 9.53. The van der Waals surface area contributed by atoms with Crippen LogP contribution in [0.25, 0.3) is 0 Å². The van der Waals surface area contributed by atoms with Gasteiger partial charge in [0.25, 0.3) is 11.1 Å². The molecule has 0 atom stereocenters. The Morgan fingerprint density at radius 1 is 1.21 bits per heavy atom. The SMILES string of the molecule is Cc1cccc(NC(=O)CSc2nnc(CNC(=O)c3c(F)cccc3Cl)o2)c1. The number of thioether (sulfide) groups is 1. The van der Waals surface area contributed by atoms with Crippen molar-refractivity contribution >= 4 is 40.9 Å². The van der Waals surface area contributed by atoms with Crippen LogP contribution in [0.4, 0.5) is 10.1 Å². The molecule has 150 valence electrons. The van der Waals surface area contributed by atoms with Gasteiger partial charge in [-0.1, -0.05) is 41.6 Å². The molecule has 2 amide bonds. The molecule has 0 bridgehead atoms. The Labute approximate surface area is 175 Å². The van der Waals surface area contributed by atoms with Crippen molar-refractivity contribution in [3.8, 4) is 0 Å². The van der Waals surface area contributed by atoms with Crippen LogP contribution in [-0.4, -0.2) is 27.8 Å². The maximum absolute atomic E-state index is 13.7. The number of aryl methyl sites for hydroxylation is 1. The van der Waals surface area contributed by atoms with Gasteiger partial charge >= 0.3 is 0 Å². The van der Waals surface area contributed by atoms with E-state index in [9.17, 15) is 14.0 Å². The Morgan fingerprint density at radius 3 is 2.76 bits per heavy atom. The van der Waals surface area contributed by atoms with E-state index in [0.717, 1.165) is 23.4 Å². The third-order valence-corrected chi connectivity index (χ3v) is 4.80. The quantitative estimate of drug-likeness (QED) is 0.548. The van der Waals surface area contributed by atoms with E-state index in [1.54, 1.807) is 6.07 Å². The van der Waals surface area contributed by atoms with Crippen LogP contribution in [0.15, 0.2) is 52.1 Å². The fraction of sp³-hybridized carbons (Fsp3) is 0.158. The highest BCUT2D eigenvalue weighted by atomic mass is 35.5. The van der Waals surface area contributed by atoms with Crippen LogP contribution in [0.1, 0.15) is 21.8 Å². The zero-order valence-electron chi connectivity index (χ0n) is 15.2. The Bertz CT molecular complexity index is 1020. The first-order valence-corrected chi connectivity index (χ1v) is 9.82. The van der Waals surface area contributed by atoms with E-state index in [1.807, 2.05) is 25.1 Å². The maximum Gasteiger partial charge on any atom is 0.277 e. The van der Waals surface area contributed by atoms with Crippen molar-refractivity contribution in [1.82, 2.24) is 15.5 Å². The fourth-order valence-electron chi connectivity index (χ4n) is 2.37. The number of amides is 2. The molecule has 2 aromatic carbocycles. The Balaban J connectivity index is 1.49. The van der Waals surface area contributed by atoms with Crippen molar-refractivity contribution in [2.24, 2.45) is 0 Å². The van der Waals surface area contributed by atoms with E-state index in [4.69, 9.17) is 16.0 Å². The minimum Gasteiger partial charge on any atom is -0.414 e. The van der Waals surface area contributed by atoms with Crippen LogP contribution in [0.2, 0.25) is 5.02 Å². The van der Waals surface area contributed by atoms with Gasteiger partial charge in [-0.05, 0) is 36.8 Å². The van der Waals surface area contributed by atoms with Gasteiger partial charge in [-0.3, -0.25) is 9.59 Å². The standard InChI is InChI=1S/C19H16ClFN4O3S/c1-11-4-2-5-12(8-11)23-15(26)10-29-19-25-24-16(28-19)9-22-18(27)17-13(20)6-3-7-14(17)21/h2-8H,9-10H2,1H3,(H,22,27)(H,23,26). The number of benzene rings is 2. The summed E-state index contributed by atoms with van der Waals surface area (Å²) in [6.07, 6.45) is 0. The minimum atomic E-state index is -0.726. The predicted octanol–water partition coefficient (Wildman–Crippen LogP) is 3.83. The molecule has 0 saturated heterocycles. The van der Waals surface area contributed by atoms with Crippen molar-refractivity contribution in [2.45, 2.75) is 18.7 Å². The van der Waals surface area contributed by atoms with E-state index in [0.29, 0.717) is 5.69 Å². The summed E-state index contributed by atoms with van der Waals surface area (Å²) < 4.78 is 19.1. The average molecular weight is 435 g/mol. The van der Waals surface area contributed by atoms with Crippen LogP contribution < -0.4 is 10.6 Å². The summed E-state index contributed by atoms with van der Waals surface area (Å²) in [6, 6.07) is 11.4. The number of nitrogens with one attached hydrogen (secondary N) is 2. The maximum atomic E-state index is 13.7. The second-order valence-electron chi connectivity index (χ2n) is 5.95. The molecule has 0 aliphatic heterocycles. The summed E-state index contributed by atoms with van der Waals surface area (Å²) in [5, 5.41) is 13.0. The third-order valence-electron chi connectivity index (χ3n) is 3.67. The van der Waals surface area contributed by atoms with Crippen LogP contribution in [0, 0.1) is 12.7 Å². The summed E-state index contributed by atoms with van der Waals surface area (Å²) in [5.74, 6) is -1.45. The number of hydrogen-bond acceptors (Lipinski definition) is 6. The topological polar surface area (TPSA) is 97.1 Å². The molecule has 0 aliphatic rings. The number of hydrogen-bond donors (Lipinski definition) is 2. The third kappa shape index (κ3) is 5.78. The number of rotatable bonds is 7. The molecule has 7 nitrogen and oxygen atoms in total. The highest BCUT2D eigenvalue weighted by Crippen LogP contribution is 2.20. The summed E-state index contributed by atoms with van der Waals surface area (Å²) in [7, 11) is 0. The molecule has 0 saturated carbocycles. The highest BCUT2D eigenvalue weighted by molar-refractivity contribution is 7.99. The van der Waals surface area contributed by atoms with E-state index in [1.165, 1.54) is 12.1 Å². The molecule has 0 spiro atoms. The molecule has 3 rings (SSSR count). The van der Waals surface area contributed by atoms with E-state index >= 15 is 0 Å². The van der Waals surface area contributed by atoms with Gasteiger partial charge in [0.15, 0.2) is 0 Å². The molecule has 0 aliphatic carbocycles. The van der Waals surface area contributed by atoms with Gasteiger partial charge in [0.05, 0.1) is 22.9 Å². The van der Waals surface area contributed by atoms with Crippen molar-refractivity contribution in [1.29, 1.82) is 0 Å². The molecule has 3 aromatic rings.